The highest BCUT2D eigenvalue weighted by molar-refractivity contribution is 6.05. The van der Waals surface area contributed by atoms with Crippen LogP contribution >= 0.6 is 0 Å². The summed E-state index contributed by atoms with van der Waals surface area (Å²) in [4.78, 5) is 12.2. The first kappa shape index (κ1) is 13.9. The topological polar surface area (TPSA) is 64.4 Å². The van der Waals surface area contributed by atoms with E-state index in [1.807, 2.05) is 24.3 Å². The highest BCUT2D eigenvalue weighted by atomic mass is 16.5. The quantitative estimate of drug-likeness (QED) is 0.839. The molecule has 0 aliphatic carbocycles. The summed E-state index contributed by atoms with van der Waals surface area (Å²) in [6, 6.07) is 12.7. The molecule has 2 aromatic carbocycles. The molecule has 104 valence electrons. The average Bonchev–Trinajstić information content (AvgIpc) is 2.46. The maximum atomic E-state index is 12.2. The molecule has 0 atom stereocenters. The third kappa shape index (κ3) is 3.29. The molecule has 2 aromatic rings. The number of anilines is 2. The monoisotopic (exact) mass is 270 g/mol. The van der Waals surface area contributed by atoms with Crippen LogP contribution in [0.15, 0.2) is 42.5 Å². The fourth-order valence-electron chi connectivity index (χ4n) is 1.94. The van der Waals surface area contributed by atoms with Gasteiger partial charge in [-0.05, 0) is 36.2 Å². The fourth-order valence-corrected chi connectivity index (χ4v) is 1.94. The van der Waals surface area contributed by atoms with E-state index in [-0.39, 0.29) is 5.91 Å². The van der Waals surface area contributed by atoms with E-state index in [0.29, 0.717) is 17.0 Å². The van der Waals surface area contributed by atoms with Crippen LogP contribution in [0.4, 0.5) is 11.4 Å². The highest BCUT2D eigenvalue weighted by Crippen LogP contribution is 2.20. The molecule has 0 aliphatic heterocycles. The standard InChI is InChI=1S/C16H18N2O2/c1-3-11-5-4-6-14(7-11)18-16(19)12-8-13(17)10-15(9-12)20-2/h4-10H,3,17H2,1-2H3,(H,18,19). The van der Waals surface area contributed by atoms with Crippen LogP contribution in [0.25, 0.3) is 0 Å². The summed E-state index contributed by atoms with van der Waals surface area (Å²) in [6.45, 7) is 2.07. The first-order valence-electron chi connectivity index (χ1n) is 6.47. The third-order valence-corrected chi connectivity index (χ3v) is 3.02. The zero-order chi connectivity index (χ0) is 14.5. The van der Waals surface area contributed by atoms with E-state index in [1.165, 1.54) is 5.56 Å². The number of methoxy groups -OCH3 is 1. The summed E-state index contributed by atoms with van der Waals surface area (Å²) < 4.78 is 5.11. The van der Waals surface area contributed by atoms with E-state index in [0.717, 1.165) is 12.1 Å². The van der Waals surface area contributed by atoms with E-state index in [9.17, 15) is 4.79 Å². The van der Waals surface area contributed by atoms with Crippen LogP contribution in [0.1, 0.15) is 22.8 Å². The van der Waals surface area contributed by atoms with E-state index in [4.69, 9.17) is 10.5 Å². The average molecular weight is 270 g/mol. The highest BCUT2D eigenvalue weighted by Gasteiger charge is 2.09. The number of nitrogens with two attached hydrogens (primary N) is 1. The lowest BCUT2D eigenvalue weighted by Gasteiger charge is -2.09. The molecule has 4 nitrogen and oxygen atoms in total. The number of ether oxygens (including phenoxy) is 1. The van der Waals surface area contributed by atoms with Gasteiger partial charge in [0, 0.05) is 23.0 Å². The minimum atomic E-state index is -0.205. The van der Waals surface area contributed by atoms with Crippen molar-refractivity contribution < 1.29 is 9.53 Å². The van der Waals surface area contributed by atoms with Crippen LogP contribution in [0.5, 0.6) is 5.75 Å². The molecule has 1 amide bonds. The fraction of sp³-hybridized carbons (Fsp3) is 0.188. The number of benzene rings is 2. The van der Waals surface area contributed by atoms with Crippen LogP contribution in [0, 0.1) is 0 Å². The van der Waals surface area contributed by atoms with Crippen molar-refractivity contribution in [3.8, 4) is 5.75 Å². The molecule has 0 bridgehead atoms. The van der Waals surface area contributed by atoms with Gasteiger partial charge in [0.1, 0.15) is 5.75 Å². The number of amides is 1. The van der Waals surface area contributed by atoms with Gasteiger partial charge < -0.3 is 15.8 Å². The summed E-state index contributed by atoms with van der Waals surface area (Å²) in [5.74, 6) is 0.362. The Morgan fingerprint density at radius 2 is 2.05 bits per heavy atom. The number of hydrogen-bond donors (Lipinski definition) is 2. The molecule has 0 unspecified atom stereocenters. The van der Waals surface area contributed by atoms with Crippen molar-refractivity contribution in [3.05, 3.63) is 53.6 Å². The number of carbonyl (C=O) groups excluding carboxylic acids is 1. The van der Waals surface area contributed by atoms with Gasteiger partial charge in [-0.1, -0.05) is 19.1 Å². The maximum absolute atomic E-state index is 12.2. The van der Waals surface area contributed by atoms with Gasteiger partial charge in [-0.3, -0.25) is 4.79 Å². The molecule has 0 saturated carbocycles. The smallest absolute Gasteiger partial charge is 0.255 e. The SMILES string of the molecule is CCc1cccc(NC(=O)c2cc(N)cc(OC)c2)c1. The number of aryl methyl sites for hydroxylation is 1. The maximum Gasteiger partial charge on any atom is 0.255 e. The Bertz CT molecular complexity index is 624. The first-order chi connectivity index (χ1) is 9.62. The Balaban J connectivity index is 2.21. The summed E-state index contributed by atoms with van der Waals surface area (Å²) >= 11 is 0. The summed E-state index contributed by atoms with van der Waals surface area (Å²) in [5, 5.41) is 2.86. The van der Waals surface area contributed by atoms with Gasteiger partial charge >= 0.3 is 0 Å². The molecule has 0 saturated heterocycles. The second kappa shape index (κ2) is 6.10. The van der Waals surface area contributed by atoms with Gasteiger partial charge in [-0.25, -0.2) is 0 Å². The number of carbonyl (C=O) groups is 1. The number of hydrogen-bond acceptors (Lipinski definition) is 3. The van der Waals surface area contributed by atoms with Gasteiger partial charge in [0.25, 0.3) is 5.91 Å². The van der Waals surface area contributed by atoms with Crippen molar-refractivity contribution in [3.63, 3.8) is 0 Å². The lowest BCUT2D eigenvalue weighted by molar-refractivity contribution is 0.102. The minimum absolute atomic E-state index is 0.205. The molecule has 20 heavy (non-hydrogen) atoms. The van der Waals surface area contributed by atoms with Crippen molar-refractivity contribution in [1.29, 1.82) is 0 Å². The normalized spacial score (nSPS) is 10.1. The molecule has 4 heteroatoms. The van der Waals surface area contributed by atoms with Gasteiger partial charge in [0.05, 0.1) is 7.11 Å². The van der Waals surface area contributed by atoms with Crippen LogP contribution in [-0.2, 0) is 6.42 Å². The molecule has 3 N–H and O–H groups in total. The molecule has 0 aromatic heterocycles. The second-order valence-corrected chi connectivity index (χ2v) is 4.50. The van der Waals surface area contributed by atoms with Crippen molar-refractivity contribution in [2.45, 2.75) is 13.3 Å². The predicted octanol–water partition coefficient (Wildman–Crippen LogP) is 3.09. The van der Waals surface area contributed by atoms with Gasteiger partial charge in [0.2, 0.25) is 0 Å². The zero-order valence-electron chi connectivity index (χ0n) is 11.6. The van der Waals surface area contributed by atoms with Crippen molar-refractivity contribution in [2.24, 2.45) is 0 Å². The molecular weight excluding hydrogens is 252 g/mol. The van der Waals surface area contributed by atoms with E-state index in [1.54, 1.807) is 25.3 Å². The number of nitrogen functional groups attached to an aromatic ring is 1. The van der Waals surface area contributed by atoms with Crippen LogP contribution in [-0.4, -0.2) is 13.0 Å². The Labute approximate surface area is 118 Å². The second-order valence-electron chi connectivity index (χ2n) is 4.50. The van der Waals surface area contributed by atoms with Gasteiger partial charge in [-0.2, -0.15) is 0 Å². The molecule has 0 heterocycles. The van der Waals surface area contributed by atoms with Crippen LogP contribution in [0.3, 0.4) is 0 Å². The summed E-state index contributed by atoms with van der Waals surface area (Å²) in [6.07, 6.45) is 0.926. The molecule has 0 aliphatic rings. The Morgan fingerprint density at radius 3 is 2.75 bits per heavy atom. The number of nitrogens with one attached hydrogen (secondary N) is 1. The van der Waals surface area contributed by atoms with Crippen molar-refractivity contribution >= 4 is 17.3 Å². The lowest BCUT2D eigenvalue weighted by Crippen LogP contribution is -2.12. The molecule has 0 spiro atoms. The van der Waals surface area contributed by atoms with Gasteiger partial charge in [0.15, 0.2) is 0 Å². The molecule has 0 fully saturated rings. The first-order valence-corrected chi connectivity index (χ1v) is 6.47. The Hall–Kier alpha value is -2.49. The predicted molar refractivity (Wildman–Crippen MR) is 81.2 cm³/mol. The van der Waals surface area contributed by atoms with E-state index < -0.39 is 0 Å². The van der Waals surface area contributed by atoms with Gasteiger partial charge in [-0.15, -0.1) is 0 Å². The molecular formula is C16H18N2O2. The lowest BCUT2D eigenvalue weighted by atomic mass is 10.1. The third-order valence-electron chi connectivity index (χ3n) is 3.02. The Morgan fingerprint density at radius 1 is 1.25 bits per heavy atom. The van der Waals surface area contributed by atoms with Crippen LogP contribution in [0.2, 0.25) is 0 Å². The van der Waals surface area contributed by atoms with Crippen LogP contribution < -0.4 is 15.8 Å². The minimum Gasteiger partial charge on any atom is -0.497 e. The van der Waals surface area contributed by atoms with E-state index >= 15 is 0 Å². The Kier molecular flexibility index (Phi) is 4.25. The summed E-state index contributed by atoms with van der Waals surface area (Å²) in [5.41, 5.74) is 8.67. The largest absolute Gasteiger partial charge is 0.497 e. The van der Waals surface area contributed by atoms with Crippen molar-refractivity contribution in [1.82, 2.24) is 0 Å². The van der Waals surface area contributed by atoms with E-state index in [2.05, 4.69) is 12.2 Å². The van der Waals surface area contributed by atoms with Crippen molar-refractivity contribution in [2.75, 3.05) is 18.2 Å². The molecule has 0 radical (unpaired) electrons. The molecule has 2 rings (SSSR count). The number of rotatable bonds is 4. The zero-order valence-corrected chi connectivity index (χ0v) is 11.6. The summed E-state index contributed by atoms with van der Waals surface area (Å²) in [7, 11) is 1.54.